The molecule has 0 aromatic heterocycles. The van der Waals surface area contributed by atoms with Gasteiger partial charge in [0.25, 0.3) is 0 Å². The Labute approximate surface area is 134 Å². The standard InChI is InChI=1S/C18H30N2O2/c1-6-20(10-11-21)12-17(22)19-18-15(13(2)3)8-7-9-16(18)14(4)5/h7-9,13-14,21H,6,10-12H2,1-5H3,(H,19,22). The molecule has 0 atom stereocenters. The Balaban J connectivity index is 2.97. The van der Waals surface area contributed by atoms with Crippen LogP contribution in [0.2, 0.25) is 0 Å². The third kappa shape index (κ3) is 5.11. The fourth-order valence-electron chi connectivity index (χ4n) is 2.57. The van der Waals surface area contributed by atoms with Gasteiger partial charge < -0.3 is 10.4 Å². The Bertz CT molecular complexity index is 458. The maximum absolute atomic E-state index is 12.4. The number of hydrogen-bond acceptors (Lipinski definition) is 3. The van der Waals surface area contributed by atoms with Crippen molar-refractivity contribution in [2.45, 2.75) is 46.5 Å². The molecule has 1 rings (SSSR count). The minimum atomic E-state index is -0.0229. The van der Waals surface area contributed by atoms with Crippen LogP contribution in [0.25, 0.3) is 0 Å². The molecule has 0 aliphatic carbocycles. The van der Waals surface area contributed by atoms with Gasteiger partial charge in [-0.25, -0.2) is 0 Å². The number of aliphatic hydroxyl groups is 1. The van der Waals surface area contributed by atoms with Crippen LogP contribution in [-0.4, -0.2) is 42.2 Å². The van der Waals surface area contributed by atoms with Gasteiger partial charge in [-0.05, 0) is 29.5 Å². The van der Waals surface area contributed by atoms with Crippen LogP contribution in [0.15, 0.2) is 18.2 Å². The topological polar surface area (TPSA) is 52.6 Å². The molecule has 0 fully saturated rings. The molecule has 2 N–H and O–H groups in total. The Morgan fingerprint density at radius 2 is 1.73 bits per heavy atom. The number of carbonyl (C=O) groups excluding carboxylic acids is 1. The molecule has 1 aromatic rings. The normalized spacial score (nSPS) is 11.5. The molecule has 0 aliphatic heterocycles. The van der Waals surface area contributed by atoms with Crippen molar-refractivity contribution in [3.05, 3.63) is 29.3 Å². The second-order valence-electron chi connectivity index (χ2n) is 6.26. The summed E-state index contributed by atoms with van der Waals surface area (Å²) in [6.45, 7) is 12.2. The van der Waals surface area contributed by atoms with Crippen LogP contribution >= 0.6 is 0 Å². The van der Waals surface area contributed by atoms with Crippen molar-refractivity contribution in [3.63, 3.8) is 0 Å². The number of nitrogens with zero attached hydrogens (tertiary/aromatic N) is 1. The van der Waals surface area contributed by atoms with Crippen molar-refractivity contribution in [1.82, 2.24) is 4.90 Å². The number of aliphatic hydroxyl groups excluding tert-OH is 1. The Morgan fingerprint density at radius 1 is 1.18 bits per heavy atom. The number of para-hydroxylation sites is 1. The Kier molecular flexibility index (Phi) is 7.56. The smallest absolute Gasteiger partial charge is 0.238 e. The van der Waals surface area contributed by atoms with Gasteiger partial charge in [-0.1, -0.05) is 52.8 Å². The maximum atomic E-state index is 12.4. The molecule has 0 saturated heterocycles. The van der Waals surface area contributed by atoms with E-state index in [1.54, 1.807) is 0 Å². The van der Waals surface area contributed by atoms with Gasteiger partial charge in [0.05, 0.1) is 13.2 Å². The minimum Gasteiger partial charge on any atom is -0.395 e. The van der Waals surface area contributed by atoms with Crippen molar-refractivity contribution in [2.24, 2.45) is 0 Å². The van der Waals surface area contributed by atoms with E-state index in [0.29, 0.717) is 24.9 Å². The number of benzene rings is 1. The largest absolute Gasteiger partial charge is 0.395 e. The van der Waals surface area contributed by atoms with Crippen LogP contribution in [0, 0.1) is 0 Å². The zero-order valence-electron chi connectivity index (χ0n) is 14.5. The quantitative estimate of drug-likeness (QED) is 0.775. The van der Waals surface area contributed by atoms with E-state index >= 15 is 0 Å². The van der Waals surface area contributed by atoms with Crippen LogP contribution in [0.5, 0.6) is 0 Å². The number of hydrogen-bond donors (Lipinski definition) is 2. The van der Waals surface area contributed by atoms with Crippen LogP contribution < -0.4 is 5.32 Å². The fraction of sp³-hybridized carbons (Fsp3) is 0.611. The monoisotopic (exact) mass is 306 g/mol. The van der Waals surface area contributed by atoms with Gasteiger partial charge >= 0.3 is 0 Å². The van der Waals surface area contributed by atoms with Gasteiger partial charge in [0.2, 0.25) is 5.91 Å². The summed E-state index contributed by atoms with van der Waals surface area (Å²) in [5.74, 6) is 0.688. The van der Waals surface area contributed by atoms with E-state index in [4.69, 9.17) is 5.11 Å². The molecule has 0 saturated carbocycles. The maximum Gasteiger partial charge on any atom is 0.238 e. The van der Waals surface area contributed by atoms with E-state index < -0.39 is 0 Å². The second-order valence-corrected chi connectivity index (χ2v) is 6.26. The van der Waals surface area contributed by atoms with Crippen molar-refractivity contribution in [2.75, 3.05) is 31.6 Å². The van der Waals surface area contributed by atoms with Gasteiger partial charge in [-0.3, -0.25) is 9.69 Å². The van der Waals surface area contributed by atoms with E-state index in [1.807, 2.05) is 11.8 Å². The molecule has 22 heavy (non-hydrogen) atoms. The minimum absolute atomic E-state index is 0.0229. The van der Waals surface area contributed by atoms with Crippen LogP contribution in [0.3, 0.4) is 0 Å². The number of carbonyl (C=O) groups is 1. The average Bonchev–Trinajstić information content (AvgIpc) is 2.46. The van der Waals surface area contributed by atoms with Crippen molar-refractivity contribution >= 4 is 11.6 Å². The van der Waals surface area contributed by atoms with E-state index in [1.165, 1.54) is 11.1 Å². The van der Waals surface area contributed by atoms with Crippen LogP contribution in [-0.2, 0) is 4.79 Å². The highest BCUT2D eigenvalue weighted by Gasteiger charge is 2.17. The SMILES string of the molecule is CCN(CCO)CC(=O)Nc1c(C(C)C)cccc1C(C)C. The summed E-state index contributed by atoms with van der Waals surface area (Å²) in [5, 5.41) is 12.1. The van der Waals surface area contributed by atoms with E-state index in [-0.39, 0.29) is 12.5 Å². The molecule has 1 amide bonds. The molecule has 1 aromatic carbocycles. The predicted molar refractivity (Wildman–Crippen MR) is 92.4 cm³/mol. The highest BCUT2D eigenvalue weighted by molar-refractivity contribution is 5.94. The zero-order valence-corrected chi connectivity index (χ0v) is 14.5. The number of nitrogens with one attached hydrogen (secondary N) is 1. The van der Waals surface area contributed by atoms with Crippen molar-refractivity contribution in [1.29, 1.82) is 0 Å². The lowest BCUT2D eigenvalue weighted by atomic mass is 9.92. The van der Waals surface area contributed by atoms with Crippen LogP contribution in [0.4, 0.5) is 5.69 Å². The van der Waals surface area contributed by atoms with Gasteiger partial charge in [0.1, 0.15) is 0 Å². The third-order valence-corrected chi connectivity index (χ3v) is 3.87. The predicted octanol–water partition coefficient (Wildman–Crippen LogP) is 3.19. The molecule has 0 aliphatic rings. The van der Waals surface area contributed by atoms with Gasteiger partial charge in [-0.15, -0.1) is 0 Å². The lowest BCUT2D eigenvalue weighted by Crippen LogP contribution is -2.35. The van der Waals surface area contributed by atoms with Crippen molar-refractivity contribution < 1.29 is 9.90 Å². The molecule has 0 bridgehead atoms. The highest BCUT2D eigenvalue weighted by atomic mass is 16.3. The molecular formula is C18H30N2O2. The molecule has 0 heterocycles. The van der Waals surface area contributed by atoms with Gasteiger partial charge in [0.15, 0.2) is 0 Å². The number of likely N-dealkylation sites (N-methyl/N-ethyl adjacent to an activating group) is 1. The number of anilines is 1. The van der Waals surface area contributed by atoms with Gasteiger partial charge in [-0.2, -0.15) is 0 Å². The number of amides is 1. The van der Waals surface area contributed by atoms with Gasteiger partial charge in [0, 0.05) is 12.2 Å². The first-order chi connectivity index (χ1) is 10.4. The van der Waals surface area contributed by atoms with E-state index in [0.717, 1.165) is 12.2 Å². The average molecular weight is 306 g/mol. The molecule has 0 unspecified atom stereocenters. The summed E-state index contributed by atoms with van der Waals surface area (Å²) in [4.78, 5) is 14.3. The summed E-state index contributed by atoms with van der Waals surface area (Å²) in [5.41, 5.74) is 3.30. The summed E-state index contributed by atoms with van der Waals surface area (Å²) in [7, 11) is 0. The van der Waals surface area contributed by atoms with Crippen LogP contribution in [0.1, 0.15) is 57.6 Å². The first kappa shape index (κ1) is 18.7. The fourth-order valence-corrected chi connectivity index (χ4v) is 2.57. The molecule has 4 nitrogen and oxygen atoms in total. The summed E-state index contributed by atoms with van der Waals surface area (Å²) >= 11 is 0. The Morgan fingerprint density at radius 3 is 2.14 bits per heavy atom. The lowest BCUT2D eigenvalue weighted by Gasteiger charge is -2.22. The lowest BCUT2D eigenvalue weighted by molar-refractivity contribution is -0.117. The zero-order chi connectivity index (χ0) is 16.7. The summed E-state index contributed by atoms with van der Waals surface area (Å²) < 4.78 is 0. The summed E-state index contributed by atoms with van der Waals surface area (Å²) in [6.07, 6.45) is 0. The summed E-state index contributed by atoms with van der Waals surface area (Å²) in [6, 6.07) is 6.22. The van der Waals surface area contributed by atoms with E-state index in [9.17, 15) is 4.79 Å². The first-order valence-electron chi connectivity index (χ1n) is 8.16. The second kappa shape index (κ2) is 8.91. The molecular weight excluding hydrogens is 276 g/mol. The van der Waals surface area contributed by atoms with E-state index in [2.05, 4.69) is 51.2 Å². The molecule has 4 heteroatoms. The first-order valence-corrected chi connectivity index (χ1v) is 8.16. The molecule has 0 spiro atoms. The molecule has 0 radical (unpaired) electrons. The van der Waals surface area contributed by atoms with Crippen molar-refractivity contribution in [3.8, 4) is 0 Å². The number of rotatable bonds is 8. The Hall–Kier alpha value is -1.39. The highest BCUT2D eigenvalue weighted by Crippen LogP contribution is 2.32. The third-order valence-electron chi connectivity index (χ3n) is 3.87. The molecule has 124 valence electrons.